The van der Waals surface area contributed by atoms with Crippen LogP contribution in [-0.4, -0.2) is 81.8 Å². The number of nitrogens with zero attached hydrogens (tertiary/aromatic N) is 3. The zero-order valence-corrected chi connectivity index (χ0v) is 18.0. The SMILES string of the molecule is CN=C(NCC1CC1)N1CCN(S(=O)(=O)CCOC(C)C)CC1.I. The Bertz CT molecular complexity index is 501. The van der Waals surface area contributed by atoms with Crippen LogP contribution in [0.1, 0.15) is 26.7 Å². The number of rotatable bonds is 7. The molecule has 7 nitrogen and oxygen atoms in total. The number of aliphatic imine (C=N–C) groups is 1. The largest absolute Gasteiger partial charge is 0.378 e. The van der Waals surface area contributed by atoms with E-state index in [0.29, 0.717) is 26.2 Å². The molecule has 1 saturated carbocycles. The minimum atomic E-state index is -3.23. The smallest absolute Gasteiger partial charge is 0.216 e. The van der Waals surface area contributed by atoms with Crippen molar-refractivity contribution in [3.8, 4) is 0 Å². The number of hydrogen-bond donors (Lipinski definition) is 1. The lowest BCUT2D eigenvalue weighted by atomic mass is 10.3. The van der Waals surface area contributed by atoms with Gasteiger partial charge in [0.1, 0.15) is 0 Å². The molecular weight excluding hydrogens is 443 g/mol. The van der Waals surface area contributed by atoms with Crippen LogP contribution in [0.4, 0.5) is 0 Å². The average Bonchev–Trinajstić information content (AvgIpc) is 3.32. The van der Waals surface area contributed by atoms with Gasteiger partial charge in [-0.15, -0.1) is 24.0 Å². The Morgan fingerprint density at radius 2 is 1.88 bits per heavy atom. The van der Waals surface area contributed by atoms with Crippen molar-refractivity contribution in [2.24, 2.45) is 10.9 Å². The number of sulfonamides is 1. The van der Waals surface area contributed by atoms with Gasteiger partial charge >= 0.3 is 0 Å². The van der Waals surface area contributed by atoms with Crippen molar-refractivity contribution in [3.05, 3.63) is 0 Å². The van der Waals surface area contributed by atoms with Gasteiger partial charge in [-0.3, -0.25) is 4.99 Å². The molecule has 0 aromatic heterocycles. The van der Waals surface area contributed by atoms with E-state index in [1.54, 1.807) is 11.4 Å². The Kier molecular flexibility index (Phi) is 9.24. The van der Waals surface area contributed by atoms with Gasteiger partial charge in [-0.25, -0.2) is 8.42 Å². The molecule has 0 atom stereocenters. The molecule has 0 spiro atoms. The summed E-state index contributed by atoms with van der Waals surface area (Å²) in [7, 11) is -1.45. The fourth-order valence-electron chi connectivity index (χ4n) is 2.59. The second-order valence-electron chi connectivity index (χ2n) is 6.49. The normalized spacial score (nSPS) is 20.2. The molecule has 1 heterocycles. The molecule has 1 saturated heterocycles. The number of halogens is 1. The first-order valence-electron chi connectivity index (χ1n) is 8.47. The Morgan fingerprint density at radius 3 is 2.38 bits per heavy atom. The number of hydrogen-bond acceptors (Lipinski definition) is 4. The zero-order chi connectivity index (χ0) is 16.9. The van der Waals surface area contributed by atoms with E-state index in [-0.39, 0.29) is 42.4 Å². The molecule has 0 aromatic carbocycles. The Labute approximate surface area is 163 Å². The molecule has 9 heteroatoms. The van der Waals surface area contributed by atoms with Gasteiger partial charge in [0.2, 0.25) is 10.0 Å². The van der Waals surface area contributed by atoms with Crippen molar-refractivity contribution >= 4 is 40.0 Å². The van der Waals surface area contributed by atoms with Gasteiger partial charge in [-0.05, 0) is 32.6 Å². The standard InChI is InChI=1S/C15H30N4O3S.HI/c1-13(2)22-10-11-23(20,21)19-8-6-18(7-9-19)15(16-3)17-12-14-4-5-14;/h13-14H,4-12H2,1-3H3,(H,16,17);1H. The van der Waals surface area contributed by atoms with Crippen LogP contribution in [0.3, 0.4) is 0 Å². The second kappa shape index (κ2) is 10.1. The lowest BCUT2D eigenvalue weighted by molar-refractivity contribution is 0.0904. The summed E-state index contributed by atoms with van der Waals surface area (Å²) >= 11 is 0. The number of guanidine groups is 1. The molecule has 0 bridgehead atoms. The van der Waals surface area contributed by atoms with Crippen LogP contribution in [0, 0.1) is 5.92 Å². The second-order valence-corrected chi connectivity index (χ2v) is 8.58. The fourth-order valence-corrected chi connectivity index (χ4v) is 3.87. The van der Waals surface area contributed by atoms with E-state index in [0.717, 1.165) is 18.4 Å². The lowest BCUT2D eigenvalue weighted by Crippen LogP contribution is -2.54. The topological polar surface area (TPSA) is 74.2 Å². The molecule has 1 aliphatic carbocycles. The predicted molar refractivity (Wildman–Crippen MR) is 108 cm³/mol. The first kappa shape index (κ1) is 21.9. The highest BCUT2D eigenvalue weighted by Gasteiger charge is 2.28. The van der Waals surface area contributed by atoms with Crippen molar-refractivity contribution < 1.29 is 13.2 Å². The molecule has 2 fully saturated rings. The first-order valence-corrected chi connectivity index (χ1v) is 10.1. The monoisotopic (exact) mass is 474 g/mol. The third kappa shape index (κ3) is 7.01. The van der Waals surface area contributed by atoms with E-state index >= 15 is 0 Å². The molecule has 24 heavy (non-hydrogen) atoms. The van der Waals surface area contributed by atoms with Gasteiger partial charge < -0.3 is 15.0 Å². The highest BCUT2D eigenvalue weighted by Crippen LogP contribution is 2.27. The molecule has 2 aliphatic rings. The number of ether oxygens (including phenoxy) is 1. The van der Waals surface area contributed by atoms with Crippen LogP contribution >= 0.6 is 24.0 Å². The predicted octanol–water partition coefficient (Wildman–Crippen LogP) is 0.962. The van der Waals surface area contributed by atoms with Crippen LogP contribution in [-0.2, 0) is 14.8 Å². The summed E-state index contributed by atoms with van der Waals surface area (Å²) in [6.07, 6.45) is 2.66. The Hall–Kier alpha value is -0.130. The molecular formula is C15H31IN4O3S. The van der Waals surface area contributed by atoms with Crippen molar-refractivity contribution in [2.45, 2.75) is 32.8 Å². The van der Waals surface area contributed by atoms with Crippen LogP contribution in [0.2, 0.25) is 0 Å². The zero-order valence-electron chi connectivity index (χ0n) is 14.9. The van der Waals surface area contributed by atoms with Crippen LogP contribution in [0.25, 0.3) is 0 Å². The summed E-state index contributed by atoms with van der Waals surface area (Å²) < 4.78 is 31.6. The number of nitrogens with one attached hydrogen (secondary N) is 1. The molecule has 0 radical (unpaired) electrons. The van der Waals surface area contributed by atoms with E-state index in [4.69, 9.17) is 4.74 Å². The van der Waals surface area contributed by atoms with E-state index in [1.807, 2.05) is 13.8 Å². The van der Waals surface area contributed by atoms with Crippen LogP contribution in [0.15, 0.2) is 4.99 Å². The fraction of sp³-hybridized carbons (Fsp3) is 0.933. The van der Waals surface area contributed by atoms with Gasteiger partial charge in [0.05, 0.1) is 18.5 Å². The van der Waals surface area contributed by atoms with E-state index < -0.39 is 10.0 Å². The summed E-state index contributed by atoms with van der Waals surface area (Å²) in [6.45, 7) is 7.41. The molecule has 0 aromatic rings. The Morgan fingerprint density at radius 1 is 1.25 bits per heavy atom. The highest BCUT2D eigenvalue weighted by atomic mass is 127. The molecule has 0 unspecified atom stereocenters. The van der Waals surface area contributed by atoms with E-state index in [1.165, 1.54) is 12.8 Å². The first-order chi connectivity index (χ1) is 10.9. The van der Waals surface area contributed by atoms with Gasteiger partial charge in [0.25, 0.3) is 0 Å². The van der Waals surface area contributed by atoms with E-state index in [9.17, 15) is 8.42 Å². The minimum Gasteiger partial charge on any atom is -0.378 e. The molecule has 0 amide bonds. The van der Waals surface area contributed by atoms with Crippen molar-refractivity contribution in [1.29, 1.82) is 0 Å². The summed E-state index contributed by atoms with van der Waals surface area (Å²) in [6, 6.07) is 0. The quantitative estimate of drug-likeness (QED) is 0.338. The van der Waals surface area contributed by atoms with Crippen LogP contribution in [0.5, 0.6) is 0 Å². The highest BCUT2D eigenvalue weighted by molar-refractivity contribution is 14.0. The molecule has 1 N–H and O–H groups in total. The summed E-state index contributed by atoms with van der Waals surface area (Å²) in [4.78, 5) is 6.45. The summed E-state index contributed by atoms with van der Waals surface area (Å²) in [5.41, 5.74) is 0. The maximum absolute atomic E-state index is 12.3. The summed E-state index contributed by atoms with van der Waals surface area (Å²) in [5, 5.41) is 3.39. The average molecular weight is 474 g/mol. The van der Waals surface area contributed by atoms with Crippen molar-refractivity contribution in [1.82, 2.24) is 14.5 Å². The third-order valence-corrected chi connectivity index (χ3v) is 6.02. The maximum atomic E-state index is 12.3. The minimum absolute atomic E-state index is 0. The molecule has 1 aliphatic heterocycles. The number of piperazine rings is 1. The summed E-state index contributed by atoms with van der Waals surface area (Å²) in [5.74, 6) is 1.73. The van der Waals surface area contributed by atoms with Crippen molar-refractivity contribution in [3.63, 3.8) is 0 Å². The molecule has 2 rings (SSSR count). The van der Waals surface area contributed by atoms with Crippen LogP contribution < -0.4 is 5.32 Å². The van der Waals surface area contributed by atoms with E-state index in [2.05, 4.69) is 15.2 Å². The van der Waals surface area contributed by atoms with Crippen molar-refractivity contribution in [2.75, 3.05) is 52.1 Å². The van der Waals surface area contributed by atoms with Gasteiger partial charge in [0.15, 0.2) is 5.96 Å². The molecule has 142 valence electrons. The maximum Gasteiger partial charge on any atom is 0.216 e. The Balaban J connectivity index is 0.00000288. The van der Waals surface area contributed by atoms with Gasteiger partial charge in [-0.2, -0.15) is 4.31 Å². The van der Waals surface area contributed by atoms with Gasteiger partial charge in [-0.1, -0.05) is 0 Å². The lowest BCUT2D eigenvalue weighted by Gasteiger charge is -2.35. The van der Waals surface area contributed by atoms with Gasteiger partial charge in [0, 0.05) is 39.8 Å². The third-order valence-electron chi connectivity index (χ3n) is 4.18.